The zero-order valence-corrected chi connectivity index (χ0v) is 15.3. The molecule has 0 aromatic heterocycles. The van der Waals surface area contributed by atoms with Crippen molar-refractivity contribution in [2.75, 3.05) is 20.1 Å². The molecule has 2 saturated heterocycles. The second-order valence-corrected chi connectivity index (χ2v) is 8.29. The molecule has 142 valence electrons. The highest BCUT2D eigenvalue weighted by atomic mass is 19.1. The standard InChI is InChI=1S/C19H32FN3O2/c1-23-12-16(6-8-18(23)24)22-19(25)17-7-5-14(11-21-17)9-13-3-2-4-15(20)10-13/h13-17,21H,2-12H2,1H3,(H,22,25). The first-order valence-electron chi connectivity index (χ1n) is 9.93. The summed E-state index contributed by atoms with van der Waals surface area (Å²) in [4.78, 5) is 25.7. The number of rotatable bonds is 4. The molecule has 1 aliphatic carbocycles. The van der Waals surface area contributed by atoms with Crippen molar-refractivity contribution in [1.29, 1.82) is 0 Å². The van der Waals surface area contributed by atoms with Crippen molar-refractivity contribution in [1.82, 2.24) is 15.5 Å². The van der Waals surface area contributed by atoms with Crippen LogP contribution in [0.5, 0.6) is 0 Å². The molecule has 0 aromatic rings. The van der Waals surface area contributed by atoms with Crippen LogP contribution in [0.25, 0.3) is 0 Å². The van der Waals surface area contributed by atoms with Crippen molar-refractivity contribution in [3.05, 3.63) is 0 Å². The number of amides is 2. The van der Waals surface area contributed by atoms with Gasteiger partial charge in [0.15, 0.2) is 0 Å². The van der Waals surface area contributed by atoms with Gasteiger partial charge in [0.1, 0.15) is 6.17 Å². The highest BCUT2D eigenvalue weighted by molar-refractivity contribution is 5.83. The molecule has 0 bridgehead atoms. The molecule has 2 aliphatic heterocycles. The number of hydrogen-bond donors (Lipinski definition) is 2. The maximum atomic E-state index is 13.5. The van der Waals surface area contributed by atoms with Gasteiger partial charge >= 0.3 is 0 Å². The first-order valence-corrected chi connectivity index (χ1v) is 9.93. The van der Waals surface area contributed by atoms with Gasteiger partial charge in [0.05, 0.1) is 6.04 Å². The molecule has 5 unspecified atom stereocenters. The van der Waals surface area contributed by atoms with E-state index in [0.29, 0.717) is 24.8 Å². The topological polar surface area (TPSA) is 61.4 Å². The van der Waals surface area contributed by atoms with Gasteiger partial charge in [-0.05, 0) is 56.9 Å². The maximum Gasteiger partial charge on any atom is 0.237 e. The van der Waals surface area contributed by atoms with Gasteiger partial charge in [-0.1, -0.05) is 12.8 Å². The fourth-order valence-electron chi connectivity index (χ4n) is 4.68. The fraction of sp³-hybridized carbons (Fsp3) is 0.895. The summed E-state index contributed by atoms with van der Waals surface area (Å²) in [5.74, 6) is 1.31. The van der Waals surface area contributed by atoms with Gasteiger partial charge in [0, 0.05) is 26.1 Å². The Balaban J connectivity index is 1.38. The van der Waals surface area contributed by atoms with Gasteiger partial charge in [-0.3, -0.25) is 9.59 Å². The molecule has 25 heavy (non-hydrogen) atoms. The van der Waals surface area contributed by atoms with E-state index in [0.717, 1.165) is 57.9 Å². The molecule has 5 nitrogen and oxygen atoms in total. The Morgan fingerprint density at radius 1 is 1.24 bits per heavy atom. The molecule has 0 aromatic carbocycles. The number of hydrogen-bond acceptors (Lipinski definition) is 3. The van der Waals surface area contributed by atoms with Gasteiger partial charge < -0.3 is 15.5 Å². The highest BCUT2D eigenvalue weighted by Crippen LogP contribution is 2.33. The number of nitrogens with zero attached hydrogens (tertiary/aromatic N) is 1. The predicted molar refractivity (Wildman–Crippen MR) is 94.8 cm³/mol. The molecule has 3 fully saturated rings. The first kappa shape index (κ1) is 18.6. The molecule has 3 aliphatic rings. The first-order chi connectivity index (χ1) is 12.0. The lowest BCUT2D eigenvalue weighted by molar-refractivity contribution is -0.134. The van der Waals surface area contributed by atoms with Crippen LogP contribution in [0, 0.1) is 11.8 Å². The predicted octanol–water partition coefficient (Wildman–Crippen LogP) is 2.01. The van der Waals surface area contributed by atoms with E-state index < -0.39 is 6.17 Å². The molecule has 3 rings (SSSR count). The zero-order chi connectivity index (χ0) is 17.8. The maximum absolute atomic E-state index is 13.5. The Kier molecular flexibility index (Phi) is 6.31. The Morgan fingerprint density at radius 2 is 2.08 bits per heavy atom. The average Bonchev–Trinajstić information content (AvgIpc) is 2.59. The summed E-state index contributed by atoms with van der Waals surface area (Å²) >= 11 is 0. The number of halogens is 1. The molecule has 6 heteroatoms. The van der Waals surface area contributed by atoms with Gasteiger partial charge in [-0.15, -0.1) is 0 Å². The van der Waals surface area contributed by atoms with Crippen LogP contribution in [0.1, 0.15) is 57.8 Å². The molecule has 1 saturated carbocycles. The highest BCUT2D eigenvalue weighted by Gasteiger charge is 2.31. The molecule has 2 N–H and O–H groups in total. The van der Waals surface area contributed by atoms with E-state index >= 15 is 0 Å². The van der Waals surface area contributed by atoms with Crippen molar-refractivity contribution in [2.24, 2.45) is 11.8 Å². The SMILES string of the molecule is CN1CC(NC(=O)C2CCC(CC3CCCC(F)C3)CN2)CCC1=O. The molecule has 0 radical (unpaired) electrons. The summed E-state index contributed by atoms with van der Waals surface area (Å²) in [7, 11) is 1.79. The Labute approximate surface area is 150 Å². The number of piperidine rings is 2. The number of likely N-dealkylation sites (tertiary alicyclic amines) is 1. The molecule has 2 heterocycles. The lowest BCUT2D eigenvalue weighted by atomic mass is 9.79. The van der Waals surface area contributed by atoms with Gasteiger partial charge in [-0.2, -0.15) is 0 Å². The van der Waals surface area contributed by atoms with E-state index in [9.17, 15) is 14.0 Å². The number of likely N-dealkylation sites (N-methyl/N-ethyl adjacent to an activating group) is 1. The molecule has 5 atom stereocenters. The van der Waals surface area contributed by atoms with Crippen LogP contribution in [0.15, 0.2) is 0 Å². The van der Waals surface area contributed by atoms with E-state index in [2.05, 4.69) is 10.6 Å². The zero-order valence-electron chi connectivity index (χ0n) is 15.3. The van der Waals surface area contributed by atoms with E-state index in [4.69, 9.17) is 0 Å². The fourth-order valence-corrected chi connectivity index (χ4v) is 4.68. The summed E-state index contributed by atoms with van der Waals surface area (Å²) in [6, 6.07) is -0.0575. The van der Waals surface area contributed by atoms with Crippen molar-refractivity contribution < 1.29 is 14.0 Å². The van der Waals surface area contributed by atoms with Gasteiger partial charge in [0.25, 0.3) is 0 Å². The minimum absolute atomic E-state index is 0.0627. The largest absolute Gasteiger partial charge is 0.350 e. The number of nitrogens with one attached hydrogen (secondary N) is 2. The van der Waals surface area contributed by atoms with Crippen molar-refractivity contribution >= 4 is 11.8 Å². The molecule has 2 amide bonds. The summed E-state index contributed by atoms with van der Waals surface area (Å²) in [5, 5.41) is 6.49. The van der Waals surface area contributed by atoms with Crippen LogP contribution >= 0.6 is 0 Å². The van der Waals surface area contributed by atoms with Crippen LogP contribution < -0.4 is 10.6 Å². The monoisotopic (exact) mass is 353 g/mol. The quantitative estimate of drug-likeness (QED) is 0.813. The van der Waals surface area contributed by atoms with Crippen LogP contribution in [0.2, 0.25) is 0 Å². The summed E-state index contributed by atoms with van der Waals surface area (Å²) in [5.41, 5.74) is 0. The van der Waals surface area contributed by atoms with Gasteiger partial charge in [-0.25, -0.2) is 4.39 Å². The van der Waals surface area contributed by atoms with Crippen molar-refractivity contribution in [3.63, 3.8) is 0 Å². The van der Waals surface area contributed by atoms with Crippen LogP contribution in [-0.2, 0) is 9.59 Å². The van der Waals surface area contributed by atoms with Crippen LogP contribution in [0.3, 0.4) is 0 Å². The van der Waals surface area contributed by atoms with E-state index in [-0.39, 0.29) is 23.9 Å². The van der Waals surface area contributed by atoms with Gasteiger partial charge in [0.2, 0.25) is 11.8 Å². The van der Waals surface area contributed by atoms with Crippen LogP contribution in [0.4, 0.5) is 4.39 Å². The normalized spacial score (nSPS) is 37.0. The van der Waals surface area contributed by atoms with Crippen molar-refractivity contribution in [2.45, 2.75) is 76.0 Å². The smallest absolute Gasteiger partial charge is 0.237 e. The van der Waals surface area contributed by atoms with E-state index in [1.807, 2.05) is 0 Å². The Hall–Kier alpha value is -1.17. The molecule has 0 spiro atoms. The Morgan fingerprint density at radius 3 is 2.76 bits per heavy atom. The third kappa shape index (κ3) is 5.16. The average molecular weight is 353 g/mol. The minimum Gasteiger partial charge on any atom is -0.350 e. The second-order valence-electron chi connectivity index (χ2n) is 8.29. The third-order valence-electron chi connectivity index (χ3n) is 6.19. The van der Waals surface area contributed by atoms with E-state index in [1.165, 1.54) is 0 Å². The number of carbonyl (C=O) groups excluding carboxylic acids is 2. The second kappa shape index (κ2) is 8.47. The Bertz CT molecular complexity index is 479. The van der Waals surface area contributed by atoms with Crippen molar-refractivity contribution in [3.8, 4) is 0 Å². The lowest BCUT2D eigenvalue weighted by Crippen LogP contribution is -2.55. The minimum atomic E-state index is -0.602. The van der Waals surface area contributed by atoms with E-state index in [1.54, 1.807) is 11.9 Å². The summed E-state index contributed by atoms with van der Waals surface area (Å²) < 4.78 is 13.5. The number of carbonyl (C=O) groups is 2. The lowest BCUT2D eigenvalue weighted by Gasteiger charge is -2.35. The molecular formula is C19H32FN3O2. The van der Waals surface area contributed by atoms with Crippen LogP contribution in [-0.4, -0.2) is 55.1 Å². The third-order valence-corrected chi connectivity index (χ3v) is 6.19. The number of alkyl halides is 1. The molecular weight excluding hydrogens is 321 g/mol. The summed E-state index contributed by atoms with van der Waals surface area (Å²) in [6.45, 7) is 1.46. The summed E-state index contributed by atoms with van der Waals surface area (Å²) in [6.07, 6.45) is 7.29.